The minimum absolute atomic E-state index is 0.101. The second-order valence-corrected chi connectivity index (χ2v) is 3.32. The van der Waals surface area contributed by atoms with E-state index in [1.54, 1.807) is 0 Å². The molecule has 0 radical (unpaired) electrons. The van der Waals surface area contributed by atoms with Gasteiger partial charge in [-0.1, -0.05) is 6.92 Å². The van der Waals surface area contributed by atoms with Gasteiger partial charge in [-0.15, -0.1) is 0 Å². The summed E-state index contributed by atoms with van der Waals surface area (Å²) in [7, 11) is 0. The van der Waals surface area contributed by atoms with Crippen molar-refractivity contribution in [2.75, 3.05) is 0 Å². The Bertz CT molecular complexity index is 395. The van der Waals surface area contributed by atoms with E-state index in [1.807, 2.05) is 19.9 Å². The molecule has 0 saturated heterocycles. The molecule has 15 heavy (non-hydrogen) atoms. The Balaban J connectivity index is 2.87. The van der Waals surface area contributed by atoms with E-state index >= 15 is 0 Å². The summed E-state index contributed by atoms with van der Waals surface area (Å²) in [5, 5.41) is 11.6. The number of carbonyl (C=O) groups is 1. The largest absolute Gasteiger partial charge is 0.350 e. The van der Waals surface area contributed by atoms with Crippen LogP contribution in [0.4, 0.5) is 0 Å². The van der Waals surface area contributed by atoms with Crippen molar-refractivity contribution in [1.29, 1.82) is 5.26 Å². The normalized spacial score (nSPS) is 11.5. The van der Waals surface area contributed by atoms with Crippen LogP contribution in [0.3, 0.4) is 0 Å². The van der Waals surface area contributed by atoms with E-state index in [0.29, 0.717) is 11.1 Å². The third-order valence-corrected chi connectivity index (χ3v) is 2.18. The second kappa shape index (κ2) is 5.11. The van der Waals surface area contributed by atoms with Crippen molar-refractivity contribution in [1.82, 2.24) is 10.3 Å². The van der Waals surface area contributed by atoms with Crippen LogP contribution in [0.5, 0.6) is 0 Å². The van der Waals surface area contributed by atoms with Gasteiger partial charge in [-0.25, -0.2) is 0 Å². The predicted octanol–water partition coefficient (Wildman–Crippen LogP) is 1.48. The molecular formula is C11H13N3O. The number of nitrogens with one attached hydrogen (secondary N) is 1. The summed E-state index contributed by atoms with van der Waals surface area (Å²) in [6.07, 6.45) is 3.77. The lowest BCUT2D eigenvalue weighted by Gasteiger charge is -2.11. The highest BCUT2D eigenvalue weighted by Gasteiger charge is 2.12. The molecule has 0 aliphatic heterocycles. The predicted molar refractivity (Wildman–Crippen MR) is 56.2 cm³/mol. The minimum atomic E-state index is -0.242. The number of amides is 1. The number of pyridine rings is 1. The van der Waals surface area contributed by atoms with E-state index in [0.717, 1.165) is 6.42 Å². The van der Waals surface area contributed by atoms with Gasteiger partial charge in [-0.2, -0.15) is 5.26 Å². The average molecular weight is 203 g/mol. The van der Waals surface area contributed by atoms with Crippen LogP contribution < -0.4 is 5.32 Å². The summed E-state index contributed by atoms with van der Waals surface area (Å²) >= 11 is 0. The second-order valence-electron chi connectivity index (χ2n) is 3.32. The molecule has 4 heteroatoms. The van der Waals surface area contributed by atoms with Crippen molar-refractivity contribution in [2.45, 2.75) is 26.3 Å². The number of nitriles is 1. The van der Waals surface area contributed by atoms with Gasteiger partial charge in [-0.05, 0) is 19.4 Å². The van der Waals surface area contributed by atoms with Crippen LogP contribution in [0.2, 0.25) is 0 Å². The highest BCUT2D eigenvalue weighted by Crippen LogP contribution is 2.05. The summed E-state index contributed by atoms with van der Waals surface area (Å²) in [5.74, 6) is -0.242. The van der Waals surface area contributed by atoms with E-state index in [-0.39, 0.29) is 11.9 Å². The molecule has 1 amide bonds. The molecule has 1 N–H and O–H groups in total. The Labute approximate surface area is 88.9 Å². The Morgan fingerprint density at radius 2 is 2.47 bits per heavy atom. The molecule has 0 saturated carbocycles. The average Bonchev–Trinajstić information content (AvgIpc) is 2.28. The third kappa shape index (κ3) is 2.78. The summed E-state index contributed by atoms with van der Waals surface area (Å²) < 4.78 is 0. The summed E-state index contributed by atoms with van der Waals surface area (Å²) in [5.41, 5.74) is 0.686. The number of hydrogen-bond donors (Lipinski definition) is 1. The Morgan fingerprint density at radius 1 is 1.73 bits per heavy atom. The van der Waals surface area contributed by atoms with Gasteiger partial charge in [0.25, 0.3) is 5.91 Å². The maximum Gasteiger partial charge on any atom is 0.254 e. The van der Waals surface area contributed by atoms with Crippen LogP contribution in [0.1, 0.15) is 36.2 Å². The van der Waals surface area contributed by atoms with Crippen LogP contribution in [0.25, 0.3) is 0 Å². The molecule has 78 valence electrons. The zero-order chi connectivity index (χ0) is 11.3. The first-order valence-corrected chi connectivity index (χ1v) is 4.84. The van der Waals surface area contributed by atoms with Crippen LogP contribution >= 0.6 is 0 Å². The number of rotatable bonds is 3. The zero-order valence-electron chi connectivity index (χ0n) is 8.82. The molecule has 4 nitrogen and oxygen atoms in total. The number of aromatic nitrogens is 1. The number of carbonyl (C=O) groups excluding carboxylic acids is 1. The van der Waals surface area contributed by atoms with Crippen LogP contribution in [-0.4, -0.2) is 16.9 Å². The molecule has 0 aliphatic carbocycles. The molecule has 1 aromatic heterocycles. The topological polar surface area (TPSA) is 65.8 Å². The lowest BCUT2D eigenvalue weighted by Crippen LogP contribution is -2.32. The third-order valence-electron chi connectivity index (χ3n) is 2.18. The molecule has 1 rings (SSSR count). The maximum absolute atomic E-state index is 11.7. The van der Waals surface area contributed by atoms with Gasteiger partial charge in [0.05, 0.1) is 11.1 Å². The van der Waals surface area contributed by atoms with Gasteiger partial charge >= 0.3 is 0 Å². The van der Waals surface area contributed by atoms with Crippen molar-refractivity contribution < 1.29 is 4.79 Å². The van der Waals surface area contributed by atoms with Crippen LogP contribution in [-0.2, 0) is 0 Å². The van der Waals surface area contributed by atoms with Gasteiger partial charge < -0.3 is 5.32 Å². The molecule has 0 bridgehead atoms. The first-order valence-electron chi connectivity index (χ1n) is 4.84. The first-order chi connectivity index (χ1) is 7.19. The summed E-state index contributed by atoms with van der Waals surface area (Å²) in [4.78, 5) is 15.5. The molecular weight excluding hydrogens is 190 g/mol. The summed E-state index contributed by atoms with van der Waals surface area (Å²) in [6.45, 7) is 3.90. The highest BCUT2D eigenvalue weighted by atomic mass is 16.1. The highest BCUT2D eigenvalue weighted by molar-refractivity contribution is 5.96. The van der Waals surface area contributed by atoms with Crippen LogP contribution in [0, 0.1) is 11.3 Å². The Morgan fingerprint density at radius 3 is 3.07 bits per heavy atom. The first kappa shape index (κ1) is 11.2. The van der Waals surface area contributed by atoms with Crippen molar-refractivity contribution in [3.05, 3.63) is 29.6 Å². The fraction of sp³-hybridized carbons (Fsp3) is 0.364. The van der Waals surface area contributed by atoms with Gasteiger partial charge in [0, 0.05) is 18.4 Å². The standard InChI is InChI=1S/C11H13N3O/c1-3-8(2)14-11(15)10-7-13-5-4-9(10)6-12/h4-5,7-8H,3H2,1-2H3,(H,14,15). The maximum atomic E-state index is 11.7. The molecule has 0 aromatic carbocycles. The molecule has 1 heterocycles. The number of hydrogen-bond acceptors (Lipinski definition) is 3. The van der Waals surface area contributed by atoms with Gasteiger partial charge in [0.2, 0.25) is 0 Å². The molecule has 0 fully saturated rings. The lowest BCUT2D eigenvalue weighted by molar-refractivity contribution is 0.0938. The van der Waals surface area contributed by atoms with E-state index < -0.39 is 0 Å². The van der Waals surface area contributed by atoms with Crippen LogP contribution in [0.15, 0.2) is 18.5 Å². The van der Waals surface area contributed by atoms with E-state index in [9.17, 15) is 4.79 Å². The van der Waals surface area contributed by atoms with Crippen molar-refractivity contribution in [3.63, 3.8) is 0 Å². The Kier molecular flexibility index (Phi) is 3.81. The fourth-order valence-corrected chi connectivity index (χ4v) is 1.08. The van der Waals surface area contributed by atoms with E-state index in [2.05, 4.69) is 10.3 Å². The number of nitrogens with zero attached hydrogens (tertiary/aromatic N) is 2. The fourth-order valence-electron chi connectivity index (χ4n) is 1.08. The van der Waals surface area contributed by atoms with Gasteiger partial charge in [0.15, 0.2) is 0 Å². The smallest absolute Gasteiger partial charge is 0.254 e. The SMILES string of the molecule is CCC(C)NC(=O)c1cnccc1C#N. The molecule has 0 spiro atoms. The molecule has 1 aromatic rings. The van der Waals surface area contributed by atoms with Crippen molar-refractivity contribution in [3.8, 4) is 6.07 Å². The lowest BCUT2D eigenvalue weighted by atomic mass is 10.1. The molecule has 1 unspecified atom stereocenters. The van der Waals surface area contributed by atoms with E-state index in [1.165, 1.54) is 18.5 Å². The van der Waals surface area contributed by atoms with Crippen molar-refractivity contribution in [2.24, 2.45) is 0 Å². The zero-order valence-corrected chi connectivity index (χ0v) is 8.82. The summed E-state index contributed by atoms with van der Waals surface area (Å²) in [6, 6.07) is 3.60. The molecule has 0 aliphatic rings. The Hall–Kier alpha value is -1.89. The van der Waals surface area contributed by atoms with Gasteiger partial charge in [0.1, 0.15) is 6.07 Å². The monoisotopic (exact) mass is 203 g/mol. The quantitative estimate of drug-likeness (QED) is 0.809. The minimum Gasteiger partial charge on any atom is -0.350 e. The van der Waals surface area contributed by atoms with Crippen molar-refractivity contribution >= 4 is 5.91 Å². The molecule has 1 atom stereocenters. The van der Waals surface area contributed by atoms with Gasteiger partial charge in [-0.3, -0.25) is 9.78 Å². The van der Waals surface area contributed by atoms with E-state index in [4.69, 9.17) is 5.26 Å².